The Morgan fingerprint density at radius 1 is 1.21 bits per heavy atom. The lowest BCUT2D eigenvalue weighted by molar-refractivity contribution is 0.0160. The van der Waals surface area contributed by atoms with E-state index in [-0.39, 0.29) is 23.9 Å². The van der Waals surface area contributed by atoms with Gasteiger partial charge in [0.05, 0.1) is 5.69 Å². The molecular formula is C20H20N6O2. The van der Waals surface area contributed by atoms with Gasteiger partial charge >= 0.3 is 0 Å². The van der Waals surface area contributed by atoms with Gasteiger partial charge in [0.15, 0.2) is 0 Å². The second-order valence-electron chi connectivity index (χ2n) is 7.50. The van der Waals surface area contributed by atoms with Crippen LogP contribution in [-0.4, -0.2) is 54.3 Å². The van der Waals surface area contributed by atoms with Crippen LogP contribution in [0.5, 0.6) is 0 Å². The summed E-state index contributed by atoms with van der Waals surface area (Å²) in [6, 6.07) is 9.31. The van der Waals surface area contributed by atoms with Crippen molar-refractivity contribution in [3.63, 3.8) is 0 Å². The minimum Gasteiger partial charge on any atom is -0.314 e. The molecule has 1 aromatic carbocycles. The molecule has 1 atom stereocenters. The van der Waals surface area contributed by atoms with E-state index in [4.69, 9.17) is 0 Å². The van der Waals surface area contributed by atoms with Crippen molar-refractivity contribution in [1.29, 1.82) is 0 Å². The second-order valence-corrected chi connectivity index (χ2v) is 7.50. The zero-order chi connectivity index (χ0) is 19.4. The lowest BCUT2D eigenvalue weighted by atomic mass is 10.1. The van der Waals surface area contributed by atoms with Crippen LogP contribution < -0.4 is 0 Å². The van der Waals surface area contributed by atoms with Crippen molar-refractivity contribution < 1.29 is 9.59 Å². The number of rotatable bonds is 2. The first-order chi connectivity index (χ1) is 13.6. The van der Waals surface area contributed by atoms with Crippen LogP contribution in [0.4, 0.5) is 0 Å². The predicted octanol–water partition coefficient (Wildman–Crippen LogP) is 2.25. The zero-order valence-corrected chi connectivity index (χ0v) is 15.7. The first-order valence-electron chi connectivity index (χ1n) is 9.48. The molecule has 2 aromatic heterocycles. The third-order valence-corrected chi connectivity index (χ3v) is 5.47. The van der Waals surface area contributed by atoms with E-state index in [2.05, 4.69) is 15.1 Å². The number of nitrogens with zero attached hydrogens (tertiary/aromatic N) is 6. The summed E-state index contributed by atoms with van der Waals surface area (Å²) >= 11 is 0. The molecule has 1 fully saturated rings. The molecule has 0 spiro atoms. The van der Waals surface area contributed by atoms with Gasteiger partial charge in [-0.25, -0.2) is 9.50 Å². The molecule has 2 aliphatic heterocycles. The van der Waals surface area contributed by atoms with Crippen molar-refractivity contribution in [2.75, 3.05) is 13.1 Å². The van der Waals surface area contributed by atoms with E-state index in [0.717, 1.165) is 17.7 Å². The Morgan fingerprint density at radius 2 is 2.04 bits per heavy atom. The van der Waals surface area contributed by atoms with E-state index in [0.29, 0.717) is 30.1 Å². The van der Waals surface area contributed by atoms with E-state index < -0.39 is 0 Å². The van der Waals surface area contributed by atoms with Crippen LogP contribution in [-0.2, 0) is 0 Å². The molecule has 8 nitrogen and oxygen atoms in total. The molecule has 0 N–H and O–H groups in total. The summed E-state index contributed by atoms with van der Waals surface area (Å²) in [6.45, 7) is 5.31. The maximum absolute atomic E-state index is 13.5. The molecule has 3 aromatic rings. The Kier molecular flexibility index (Phi) is 3.68. The predicted molar refractivity (Wildman–Crippen MR) is 101 cm³/mol. The van der Waals surface area contributed by atoms with Crippen molar-refractivity contribution in [3.8, 4) is 0 Å². The minimum absolute atomic E-state index is 0.0122. The molecule has 142 valence electrons. The summed E-state index contributed by atoms with van der Waals surface area (Å²) in [6.07, 6.45) is 1.81. The highest BCUT2D eigenvalue weighted by Gasteiger charge is 2.44. The van der Waals surface area contributed by atoms with Crippen LogP contribution in [0.2, 0.25) is 0 Å². The molecule has 5 rings (SSSR count). The Morgan fingerprint density at radius 3 is 2.86 bits per heavy atom. The lowest BCUT2D eigenvalue weighted by Crippen LogP contribution is -2.49. The standard InChI is InChI=1S/C20H20N6O2/c1-12(2)16-10-15(23-20-21-11-22-26(16)20)19(28)25-9-5-8-24-17(25)13-6-3-4-7-14(13)18(24)27/h3-4,6-7,10-12,17H,5,8-9H2,1-2H3/t17-/m0/s1. The highest BCUT2D eigenvalue weighted by molar-refractivity contribution is 6.01. The van der Waals surface area contributed by atoms with Gasteiger partial charge in [-0.2, -0.15) is 10.1 Å². The van der Waals surface area contributed by atoms with Crippen LogP contribution in [0.1, 0.15) is 64.5 Å². The Balaban J connectivity index is 1.59. The van der Waals surface area contributed by atoms with Crippen LogP contribution in [0.25, 0.3) is 5.78 Å². The molecule has 0 aliphatic carbocycles. The average molecular weight is 376 g/mol. The van der Waals surface area contributed by atoms with Crippen LogP contribution in [0.15, 0.2) is 36.7 Å². The quantitative estimate of drug-likeness (QED) is 0.685. The summed E-state index contributed by atoms with van der Waals surface area (Å²) in [4.78, 5) is 38.4. The molecule has 0 bridgehead atoms. The first kappa shape index (κ1) is 16.9. The lowest BCUT2D eigenvalue weighted by Gasteiger charge is -2.40. The number of carbonyl (C=O) groups excluding carboxylic acids is 2. The molecule has 0 unspecified atom stereocenters. The van der Waals surface area contributed by atoms with Crippen LogP contribution >= 0.6 is 0 Å². The van der Waals surface area contributed by atoms with Gasteiger partial charge < -0.3 is 9.80 Å². The molecule has 0 radical (unpaired) electrons. The average Bonchev–Trinajstić information content (AvgIpc) is 3.30. The summed E-state index contributed by atoms with van der Waals surface area (Å²) < 4.78 is 1.67. The summed E-state index contributed by atoms with van der Waals surface area (Å²) in [5.74, 6) is 0.366. The molecule has 2 aliphatic rings. The van der Waals surface area contributed by atoms with Gasteiger partial charge in [0.2, 0.25) is 0 Å². The molecule has 0 saturated carbocycles. The smallest absolute Gasteiger partial charge is 0.274 e. The van der Waals surface area contributed by atoms with Crippen molar-refractivity contribution >= 4 is 17.6 Å². The van der Waals surface area contributed by atoms with E-state index in [9.17, 15) is 9.59 Å². The van der Waals surface area contributed by atoms with Gasteiger partial charge in [0.1, 0.15) is 18.2 Å². The van der Waals surface area contributed by atoms with E-state index >= 15 is 0 Å². The topological polar surface area (TPSA) is 83.7 Å². The second kappa shape index (κ2) is 6.12. The number of amides is 2. The van der Waals surface area contributed by atoms with Crippen molar-refractivity contribution in [1.82, 2.24) is 29.4 Å². The molecule has 2 amide bonds. The van der Waals surface area contributed by atoms with Crippen molar-refractivity contribution in [2.45, 2.75) is 32.4 Å². The fourth-order valence-electron chi connectivity index (χ4n) is 4.16. The highest BCUT2D eigenvalue weighted by atomic mass is 16.2. The minimum atomic E-state index is -0.372. The van der Waals surface area contributed by atoms with Crippen LogP contribution in [0, 0.1) is 0 Å². The number of hydrogen-bond acceptors (Lipinski definition) is 5. The van der Waals surface area contributed by atoms with Crippen molar-refractivity contribution in [2.24, 2.45) is 0 Å². The van der Waals surface area contributed by atoms with Gasteiger partial charge in [-0.05, 0) is 24.5 Å². The normalized spacial score (nSPS) is 18.7. The number of fused-ring (bicyclic) bond motifs is 4. The summed E-state index contributed by atoms with van der Waals surface area (Å²) in [7, 11) is 0. The monoisotopic (exact) mass is 376 g/mol. The maximum Gasteiger partial charge on any atom is 0.274 e. The fraction of sp³-hybridized carbons (Fsp3) is 0.350. The van der Waals surface area contributed by atoms with E-state index in [1.54, 1.807) is 20.4 Å². The Hall–Kier alpha value is -3.29. The largest absolute Gasteiger partial charge is 0.314 e. The van der Waals surface area contributed by atoms with Crippen molar-refractivity contribution in [3.05, 3.63) is 59.2 Å². The Labute approximate surface area is 161 Å². The molecule has 1 saturated heterocycles. The van der Waals surface area contributed by atoms with Gasteiger partial charge in [0, 0.05) is 24.2 Å². The molecule has 28 heavy (non-hydrogen) atoms. The van der Waals surface area contributed by atoms with Crippen LogP contribution in [0.3, 0.4) is 0 Å². The van der Waals surface area contributed by atoms with E-state index in [1.807, 2.05) is 38.1 Å². The van der Waals surface area contributed by atoms with Gasteiger partial charge in [-0.15, -0.1) is 0 Å². The molecule has 4 heterocycles. The van der Waals surface area contributed by atoms with E-state index in [1.165, 1.54) is 6.33 Å². The van der Waals surface area contributed by atoms with Gasteiger partial charge in [0.25, 0.3) is 17.6 Å². The summed E-state index contributed by atoms with van der Waals surface area (Å²) in [5.41, 5.74) is 2.77. The molecular weight excluding hydrogens is 356 g/mol. The number of hydrogen-bond donors (Lipinski definition) is 0. The fourth-order valence-corrected chi connectivity index (χ4v) is 4.16. The SMILES string of the molecule is CC(C)c1cc(C(=O)N2CCCN3C(=O)c4ccccc4[C@H]23)nc2ncnn12. The highest BCUT2D eigenvalue weighted by Crippen LogP contribution is 2.39. The zero-order valence-electron chi connectivity index (χ0n) is 15.7. The van der Waals surface area contributed by atoms with Gasteiger partial charge in [-0.3, -0.25) is 9.59 Å². The van der Waals surface area contributed by atoms with Gasteiger partial charge in [-0.1, -0.05) is 32.0 Å². The number of aromatic nitrogens is 4. The third-order valence-electron chi connectivity index (χ3n) is 5.47. The first-order valence-corrected chi connectivity index (χ1v) is 9.48. The summed E-state index contributed by atoms with van der Waals surface area (Å²) in [5, 5.41) is 4.21. The maximum atomic E-state index is 13.5. The number of benzene rings is 1. The third kappa shape index (κ3) is 2.33. The number of carbonyl (C=O) groups is 2. The molecule has 8 heteroatoms. The Bertz CT molecular complexity index is 1110.